The van der Waals surface area contributed by atoms with Crippen LogP contribution < -0.4 is 5.32 Å². The van der Waals surface area contributed by atoms with Crippen molar-refractivity contribution in [2.24, 2.45) is 11.3 Å². The minimum absolute atomic E-state index is 0.0312. The molecule has 0 aromatic carbocycles. The minimum atomic E-state index is -0.390. The van der Waals surface area contributed by atoms with Crippen LogP contribution in [0.5, 0.6) is 0 Å². The number of carbonyl (C=O) groups is 1. The van der Waals surface area contributed by atoms with Crippen molar-refractivity contribution in [3.8, 4) is 0 Å². The van der Waals surface area contributed by atoms with Gasteiger partial charge in [-0.25, -0.2) is 0 Å². The van der Waals surface area contributed by atoms with E-state index in [4.69, 9.17) is 0 Å². The number of fused-ring (bicyclic) bond motifs is 1. The van der Waals surface area contributed by atoms with Crippen molar-refractivity contribution in [2.75, 3.05) is 0 Å². The number of nitrogens with zero attached hydrogens (tertiary/aromatic N) is 1. The average Bonchev–Trinajstić information content (AvgIpc) is 2.14. The molecule has 1 aliphatic carbocycles. The van der Waals surface area contributed by atoms with Gasteiger partial charge in [0.25, 0.3) is 5.70 Å². The first-order valence-electron chi connectivity index (χ1n) is 5.67. The highest BCUT2D eigenvalue weighted by atomic mass is 16.6. The van der Waals surface area contributed by atoms with Crippen molar-refractivity contribution in [3.05, 3.63) is 33.3 Å². The summed E-state index contributed by atoms with van der Waals surface area (Å²) in [5.74, 6) is -0.328. The molecule has 1 aliphatic heterocycles. The lowest BCUT2D eigenvalue weighted by Gasteiger charge is -2.36. The molecule has 1 fully saturated rings. The summed E-state index contributed by atoms with van der Waals surface area (Å²) in [4.78, 5) is 22.7. The molecule has 1 unspecified atom stereocenters. The Bertz CT molecular complexity index is 460. The monoisotopic (exact) mass is 236 g/mol. The second-order valence-corrected chi connectivity index (χ2v) is 5.53. The quantitative estimate of drug-likeness (QED) is 0.558. The molecule has 0 aromatic heterocycles. The van der Waals surface area contributed by atoms with Crippen molar-refractivity contribution in [1.82, 2.24) is 5.32 Å². The molecule has 1 heterocycles. The predicted octanol–water partition coefficient (Wildman–Crippen LogP) is 1.99. The molecule has 0 saturated heterocycles. The second-order valence-electron chi connectivity index (χ2n) is 5.53. The number of allylic oxidation sites excluding steroid dienone is 2. The van der Waals surface area contributed by atoms with Crippen LogP contribution in [0.4, 0.5) is 0 Å². The first-order valence-corrected chi connectivity index (χ1v) is 5.67. The molecule has 5 heteroatoms. The van der Waals surface area contributed by atoms with Gasteiger partial charge < -0.3 is 5.32 Å². The zero-order valence-electron chi connectivity index (χ0n) is 10.2. The third kappa shape index (κ3) is 1.97. The maximum atomic E-state index is 12.1. The highest BCUT2D eigenvalue weighted by molar-refractivity contribution is 5.98. The van der Waals surface area contributed by atoms with Crippen LogP contribution >= 0.6 is 0 Å². The molecule has 92 valence electrons. The van der Waals surface area contributed by atoms with Gasteiger partial charge in [0.1, 0.15) is 0 Å². The Balaban J connectivity index is 2.45. The van der Waals surface area contributed by atoms with Gasteiger partial charge in [0, 0.05) is 17.7 Å². The number of Topliss-reactive ketones (excluding diaryl/α,β-unsaturated/α-hetero) is 1. The molecule has 1 atom stereocenters. The lowest BCUT2D eigenvalue weighted by atomic mass is 9.67. The van der Waals surface area contributed by atoms with Gasteiger partial charge in [-0.05, 0) is 18.8 Å². The van der Waals surface area contributed by atoms with E-state index in [2.05, 4.69) is 5.32 Å². The maximum absolute atomic E-state index is 12.1. The van der Waals surface area contributed by atoms with E-state index >= 15 is 0 Å². The molecule has 0 bridgehead atoms. The summed E-state index contributed by atoms with van der Waals surface area (Å²) in [5, 5.41) is 13.8. The Labute approximate surface area is 99.7 Å². The largest absolute Gasteiger partial charge is 0.359 e. The molecule has 5 nitrogen and oxygen atoms in total. The molecule has 0 aromatic rings. The summed E-state index contributed by atoms with van der Waals surface area (Å²) in [6, 6.07) is 0. The van der Waals surface area contributed by atoms with Gasteiger partial charge in [0.15, 0.2) is 5.78 Å². The van der Waals surface area contributed by atoms with Crippen molar-refractivity contribution in [3.63, 3.8) is 0 Å². The van der Waals surface area contributed by atoms with E-state index < -0.39 is 4.92 Å². The Morgan fingerprint density at radius 3 is 2.76 bits per heavy atom. The van der Waals surface area contributed by atoms with Crippen molar-refractivity contribution >= 4 is 5.78 Å². The Hall–Kier alpha value is -1.65. The number of hydrogen-bond donors (Lipinski definition) is 1. The fraction of sp³-hybridized carbons (Fsp3) is 0.583. The number of nitrogens with one attached hydrogen (secondary N) is 1. The van der Waals surface area contributed by atoms with Crippen LogP contribution in [0.1, 0.15) is 33.6 Å². The van der Waals surface area contributed by atoms with Gasteiger partial charge in [-0.1, -0.05) is 13.8 Å². The zero-order valence-corrected chi connectivity index (χ0v) is 10.2. The summed E-state index contributed by atoms with van der Waals surface area (Å²) in [7, 11) is 0. The zero-order chi connectivity index (χ0) is 12.8. The first-order chi connectivity index (χ1) is 7.82. The number of ketones is 1. The third-order valence-electron chi connectivity index (χ3n) is 3.45. The Morgan fingerprint density at radius 2 is 2.18 bits per heavy atom. The van der Waals surface area contributed by atoms with Gasteiger partial charge in [-0.15, -0.1) is 0 Å². The van der Waals surface area contributed by atoms with Crippen LogP contribution in [-0.4, -0.2) is 10.7 Å². The minimum Gasteiger partial charge on any atom is -0.359 e. The molecule has 1 N–H and O–H groups in total. The van der Waals surface area contributed by atoms with E-state index in [-0.39, 0.29) is 22.8 Å². The lowest BCUT2D eigenvalue weighted by Crippen LogP contribution is -2.38. The van der Waals surface area contributed by atoms with E-state index in [1.165, 1.54) is 6.20 Å². The molecule has 2 aliphatic rings. The summed E-state index contributed by atoms with van der Waals surface area (Å²) in [5.41, 5.74) is 1.28. The molecular weight excluding hydrogens is 220 g/mol. The van der Waals surface area contributed by atoms with Gasteiger partial charge >= 0.3 is 0 Å². The van der Waals surface area contributed by atoms with Gasteiger partial charge in [-0.2, -0.15) is 0 Å². The molecule has 0 radical (unpaired) electrons. The Morgan fingerprint density at radius 1 is 1.53 bits per heavy atom. The number of hydrogen-bond acceptors (Lipinski definition) is 4. The standard InChI is InChI=1S/C12H16N2O3/c1-7-11-8(9(6-13-7)14(16)17)4-12(2,3)5-10(11)15/h6,8,13H,4-5H2,1-3H3. The Kier molecular flexibility index (Phi) is 2.56. The second kappa shape index (κ2) is 3.68. The lowest BCUT2D eigenvalue weighted by molar-refractivity contribution is -0.434. The van der Waals surface area contributed by atoms with Crippen LogP contribution in [0, 0.1) is 21.4 Å². The SMILES string of the molecule is CC1=C2C(=O)CC(C)(C)CC2C([N+](=O)[O-])=CN1. The molecule has 1 saturated carbocycles. The predicted molar refractivity (Wildman–Crippen MR) is 62.4 cm³/mol. The van der Waals surface area contributed by atoms with Gasteiger partial charge in [0.2, 0.25) is 0 Å². The smallest absolute Gasteiger partial charge is 0.269 e. The fourth-order valence-corrected chi connectivity index (χ4v) is 2.71. The van der Waals surface area contributed by atoms with E-state index in [0.717, 1.165) is 5.70 Å². The van der Waals surface area contributed by atoms with E-state index in [0.29, 0.717) is 18.4 Å². The van der Waals surface area contributed by atoms with E-state index in [9.17, 15) is 14.9 Å². The van der Waals surface area contributed by atoms with E-state index in [1.807, 2.05) is 13.8 Å². The number of rotatable bonds is 1. The third-order valence-corrected chi connectivity index (χ3v) is 3.45. The first kappa shape index (κ1) is 11.8. The summed E-state index contributed by atoms with van der Waals surface area (Å²) >= 11 is 0. The van der Waals surface area contributed by atoms with Gasteiger partial charge in [0.05, 0.1) is 17.0 Å². The number of dihydropyridines is 1. The highest BCUT2D eigenvalue weighted by Crippen LogP contribution is 2.44. The molecular formula is C12H16N2O3. The van der Waals surface area contributed by atoms with Crippen LogP contribution in [0.3, 0.4) is 0 Å². The number of carbonyl (C=O) groups excluding carboxylic acids is 1. The molecule has 2 rings (SSSR count). The molecule has 0 spiro atoms. The van der Waals surface area contributed by atoms with Gasteiger partial charge in [-0.3, -0.25) is 14.9 Å². The summed E-state index contributed by atoms with van der Waals surface area (Å²) in [6.07, 6.45) is 2.53. The average molecular weight is 236 g/mol. The number of nitro groups is 1. The maximum Gasteiger partial charge on any atom is 0.269 e. The van der Waals surface area contributed by atoms with E-state index in [1.54, 1.807) is 6.92 Å². The van der Waals surface area contributed by atoms with Crippen LogP contribution in [0.25, 0.3) is 0 Å². The fourth-order valence-electron chi connectivity index (χ4n) is 2.71. The normalized spacial score (nSPS) is 27.1. The van der Waals surface area contributed by atoms with Crippen molar-refractivity contribution < 1.29 is 9.72 Å². The summed E-state index contributed by atoms with van der Waals surface area (Å²) in [6.45, 7) is 5.76. The highest BCUT2D eigenvalue weighted by Gasteiger charge is 2.44. The van der Waals surface area contributed by atoms with Crippen LogP contribution in [0.15, 0.2) is 23.2 Å². The van der Waals surface area contributed by atoms with Crippen LogP contribution in [-0.2, 0) is 4.79 Å². The molecule has 0 amide bonds. The van der Waals surface area contributed by atoms with Crippen molar-refractivity contribution in [1.29, 1.82) is 0 Å². The molecule has 17 heavy (non-hydrogen) atoms. The van der Waals surface area contributed by atoms with Crippen LogP contribution in [0.2, 0.25) is 0 Å². The summed E-state index contributed by atoms with van der Waals surface area (Å²) < 4.78 is 0. The van der Waals surface area contributed by atoms with Crippen molar-refractivity contribution in [2.45, 2.75) is 33.6 Å². The topological polar surface area (TPSA) is 72.2 Å².